The molecular weight excluding hydrogens is 580 g/mol. The van der Waals surface area contributed by atoms with E-state index in [9.17, 15) is 14.9 Å². The van der Waals surface area contributed by atoms with Gasteiger partial charge in [0.05, 0.1) is 24.5 Å². The molecule has 0 N–H and O–H groups in total. The molecule has 1 heterocycles. The van der Waals surface area contributed by atoms with Gasteiger partial charge >= 0.3 is 5.97 Å². The van der Waals surface area contributed by atoms with E-state index < -0.39 is 10.9 Å². The summed E-state index contributed by atoms with van der Waals surface area (Å²) in [7, 11) is 0. The van der Waals surface area contributed by atoms with Crippen LogP contribution in [-0.4, -0.2) is 16.8 Å². The van der Waals surface area contributed by atoms with Gasteiger partial charge in [0.15, 0.2) is 5.70 Å². The number of benzene rings is 3. The van der Waals surface area contributed by atoms with Crippen molar-refractivity contribution >= 4 is 67.1 Å². The van der Waals surface area contributed by atoms with E-state index in [1.807, 2.05) is 0 Å². The van der Waals surface area contributed by atoms with Crippen LogP contribution in [0.5, 0.6) is 5.75 Å². The number of halogens is 3. The van der Waals surface area contributed by atoms with Gasteiger partial charge in [-0.3, -0.25) is 10.1 Å². The molecule has 1 aliphatic rings. The molecular formula is C23H13Br2ClN2O5. The molecule has 0 aromatic heterocycles. The van der Waals surface area contributed by atoms with Crippen molar-refractivity contribution in [1.82, 2.24) is 0 Å². The second-order valence-corrected chi connectivity index (χ2v) is 8.96. The maximum absolute atomic E-state index is 12.3. The monoisotopic (exact) mass is 590 g/mol. The molecule has 0 saturated carbocycles. The Morgan fingerprint density at radius 3 is 2.52 bits per heavy atom. The zero-order valence-corrected chi connectivity index (χ0v) is 20.6. The summed E-state index contributed by atoms with van der Waals surface area (Å²) in [5, 5.41) is 11.4. The average molecular weight is 593 g/mol. The maximum atomic E-state index is 12.3. The van der Waals surface area contributed by atoms with Crippen molar-refractivity contribution in [2.24, 2.45) is 4.99 Å². The van der Waals surface area contributed by atoms with E-state index in [4.69, 9.17) is 21.1 Å². The normalized spacial score (nSPS) is 14.2. The number of non-ortho nitro benzene ring substituents is 1. The fourth-order valence-electron chi connectivity index (χ4n) is 3.03. The third-order valence-corrected chi connectivity index (χ3v) is 6.06. The van der Waals surface area contributed by atoms with Crippen molar-refractivity contribution in [2.75, 3.05) is 0 Å². The summed E-state index contributed by atoms with van der Waals surface area (Å²) in [5.74, 6) is 0.0768. The SMILES string of the molecule is O=C1OC(c2ccccc2Cl)=N/C1=C\c1cc(Br)c(OCc2cccc([N+](=O)[O-])c2)c(Br)c1. The van der Waals surface area contributed by atoms with Gasteiger partial charge in [0.2, 0.25) is 5.90 Å². The Hall–Kier alpha value is -3.01. The first-order chi connectivity index (χ1) is 15.8. The highest BCUT2D eigenvalue weighted by atomic mass is 79.9. The molecule has 0 saturated heterocycles. The predicted octanol–water partition coefficient (Wildman–Crippen LogP) is 6.70. The molecule has 0 radical (unpaired) electrons. The number of hydrogen-bond acceptors (Lipinski definition) is 6. The number of aliphatic imine (C=N–C) groups is 1. The van der Waals surface area contributed by atoms with Crippen LogP contribution in [0.25, 0.3) is 6.08 Å². The Balaban J connectivity index is 1.55. The van der Waals surface area contributed by atoms with E-state index in [2.05, 4.69) is 36.9 Å². The molecule has 33 heavy (non-hydrogen) atoms. The smallest absolute Gasteiger partial charge is 0.363 e. The lowest BCUT2D eigenvalue weighted by Crippen LogP contribution is -2.05. The Morgan fingerprint density at radius 1 is 1.09 bits per heavy atom. The number of nitro benzene ring substituents is 1. The van der Waals surface area contributed by atoms with Crippen LogP contribution < -0.4 is 4.74 Å². The quantitative estimate of drug-likeness (QED) is 0.138. The fraction of sp³-hybridized carbons (Fsp3) is 0.0435. The summed E-state index contributed by atoms with van der Waals surface area (Å²) >= 11 is 13.1. The van der Waals surface area contributed by atoms with Gasteiger partial charge in [-0.1, -0.05) is 35.9 Å². The first kappa shape index (κ1) is 23.2. The Kier molecular flexibility index (Phi) is 6.92. The standard InChI is InChI=1S/C23H13Br2ClN2O5/c24-17-9-14(11-20-23(29)33-22(27-20)16-6-1-2-7-19(16)26)10-18(25)21(17)32-12-13-4-3-5-15(8-13)28(30)31/h1-11H,12H2/b20-11-. The molecule has 0 amide bonds. The predicted molar refractivity (Wildman–Crippen MR) is 131 cm³/mol. The molecule has 10 heteroatoms. The Bertz CT molecular complexity index is 1320. The minimum absolute atomic E-state index is 0.00336. The van der Waals surface area contributed by atoms with Crippen molar-refractivity contribution < 1.29 is 19.2 Å². The van der Waals surface area contributed by atoms with Crippen LogP contribution in [0.2, 0.25) is 5.02 Å². The number of nitro groups is 1. The van der Waals surface area contributed by atoms with Gasteiger partial charge < -0.3 is 9.47 Å². The molecule has 0 unspecified atom stereocenters. The van der Waals surface area contributed by atoms with Crippen molar-refractivity contribution in [3.63, 3.8) is 0 Å². The topological polar surface area (TPSA) is 91.0 Å². The zero-order valence-electron chi connectivity index (χ0n) is 16.6. The van der Waals surface area contributed by atoms with Crippen molar-refractivity contribution in [3.8, 4) is 5.75 Å². The number of carbonyl (C=O) groups excluding carboxylic acids is 1. The third-order valence-electron chi connectivity index (χ3n) is 4.55. The third kappa shape index (κ3) is 5.32. The van der Waals surface area contributed by atoms with Crippen LogP contribution in [0.1, 0.15) is 16.7 Å². The average Bonchev–Trinajstić information content (AvgIpc) is 3.13. The van der Waals surface area contributed by atoms with Crippen molar-refractivity contribution in [1.29, 1.82) is 0 Å². The number of hydrogen-bond donors (Lipinski definition) is 0. The van der Waals surface area contributed by atoms with Gasteiger partial charge in [-0.2, -0.15) is 0 Å². The van der Waals surface area contributed by atoms with Gasteiger partial charge in [0, 0.05) is 12.1 Å². The van der Waals surface area contributed by atoms with Crippen LogP contribution in [-0.2, 0) is 16.1 Å². The summed E-state index contributed by atoms with van der Waals surface area (Å²) in [6.07, 6.45) is 1.59. The number of cyclic esters (lactones) is 1. The van der Waals surface area contributed by atoms with Gasteiger partial charge in [0.1, 0.15) is 12.4 Å². The number of ether oxygens (including phenoxy) is 2. The minimum atomic E-state index is -0.580. The number of esters is 1. The summed E-state index contributed by atoms with van der Waals surface area (Å²) in [4.78, 5) is 27.1. The minimum Gasteiger partial charge on any atom is -0.487 e. The van der Waals surface area contributed by atoms with Gasteiger partial charge in [-0.05, 0) is 73.3 Å². The lowest BCUT2D eigenvalue weighted by Gasteiger charge is -2.11. The molecule has 3 aromatic rings. The summed E-state index contributed by atoms with van der Waals surface area (Å²) in [6.45, 7) is 0.136. The second kappa shape index (κ2) is 9.86. The largest absolute Gasteiger partial charge is 0.487 e. The van der Waals surface area contributed by atoms with Gasteiger partial charge in [-0.25, -0.2) is 9.79 Å². The van der Waals surface area contributed by atoms with Crippen molar-refractivity contribution in [2.45, 2.75) is 6.61 Å². The highest BCUT2D eigenvalue weighted by molar-refractivity contribution is 9.11. The fourth-order valence-corrected chi connectivity index (χ4v) is 4.70. The van der Waals surface area contributed by atoms with Crippen LogP contribution in [0.15, 0.2) is 80.3 Å². The van der Waals surface area contributed by atoms with Crippen LogP contribution in [0.4, 0.5) is 5.69 Å². The van der Waals surface area contributed by atoms with E-state index >= 15 is 0 Å². The molecule has 0 aliphatic carbocycles. The molecule has 3 aromatic carbocycles. The molecule has 0 spiro atoms. The van der Waals surface area contributed by atoms with E-state index in [0.29, 0.717) is 36.4 Å². The Labute approximate surface area is 210 Å². The highest BCUT2D eigenvalue weighted by Crippen LogP contribution is 2.36. The Morgan fingerprint density at radius 2 is 1.82 bits per heavy atom. The van der Waals surface area contributed by atoms with Crippen LogP contribution in [0.3, 0.4) is 0 Å². The number of nitrogens with zero attached hydrogens (tertiary/aromatic N) is 2. The number of carbonyl (C=O) groups is 1. The highest BCUT2D eigenvalue weighted by Gasteiger charge is 2.25. The summed E-state index contributed by atoms with van der Waals surface area (Å²) in [6, 6.07) is 16.7. The number of rotatable bonds is 6. The van der Waals surface area contributed by atoms with E-state index in [-0.39, 0.29) is 23.9 Å². The molecule has 1 aliphatic heterocycles. The molecule has 4 rings (SSSR count). The molecule has 166 valence electrons. The summed E-state index contributed by atoms with van der Waals surface area (Å²) in [5.41, 5.74) is 1.99. The van der Waals surface area contributed by atoms with Crippen LogP contribution in [0, 0.1) is 10.1 Å². The molecule has 7 nitrogen and oxygen atoms in total. The van der Waals surface area contributed by atoms with Gasteiger partial charge in [0.25, 0.3) is 5.69 Å². The van der Waals surface area contributed by atoms with E-state index in [1.54, 1.807) is 54.6 Å². The summed E-state index contributed by atoms with van der Waals surface area (Å²) < 4.78 is 12.4. The maximum Gasteiger partial charge on any atom is 0.363 e. The van der Waals surface area contributed by atoms with E-state index in [1.165, 1.54) is 12.1 Å². The van der Waals surface area contributed by atoms with E-state index in [0.717, 1.165) is 0 Å². The second-order valence-electron chi connectivity index (χ2n) is 6.85. The molecule has 0 bridgehead atoms. The van der Waals surface area contributed by atoms with Crippen LogP contribution >= 0.6 is 43.5 Å². The molecule has 0 atom stereocenters. The van der Waals surface area contributed by atoms with Crippen molar-refractivity contribution in [3.05, 3.63) is 107 Å². The lowest BCUT2D eigenvalue weighted by molar-refractivity contribution is -0.384. The molecule has 0 fully saturated rings. The first-order valence-corrected chi connectivity index (χ1v) is 11.4. The first-order valence-electron chi connectivity index (χ1n) is 9.44. The lowest BCUT2D eigenvalue weighted by atomic mass is 10.2. The van der Waals surface area contributed by atoms with Gasteiger partial charge in [-0.15, -0.1) is 0 Å². The zero-order chi connectivity index (χ0) is 23.5.